The third-order valence-corrected chi connectivity index (χ3v) is 5.19. The number of carbonyl (C=O) groups is 1. The minimum Gasteiger partial charge on any atom is -0.317 e. The predicted octanol–water partition coefficient (Wildman–Crippen LogP) is 4.85. The van der Waals surface area contributed by atoms with Gasteiger partial charge in [-0.25, -0.2) is 4.79 Å². The molecular formula is C22H28F2N4O2. The number of aryl methyl sites for hydroxylation is 1. The highest BCUT2D eigenvalue weighted by Gasteiger charge is 2.34. The molecule has 8 heteroatoms. The van der Waals surface area contributed by atoms with Gasteiger partial charge in [0.05, 0.1) is 11.9 Å². The topological polar surface area (TPSA) is 57.7 Å². The molecule has 0 spiro atoms. The number of piperidine rings is 1. The molecule has 6 nitrogen and oxygen atoms in total. The van der Waals surface area contributed by atoms with E-state index in [1.165, 1.54) is 6.20 Å². The Morgan fingerprint density at radius 3 is 2.47 bits per heavy atom. The summed E-state index contributed by atoms with van der Waals surface area (Å²) in [5.74, 6) is 0.156. The summed E-state index contributed by atoms with van der Waals surface area (Å²) in [6.07, 6.45) is 2.80. The highest BCUT2D eigenvalue weighted by molar-refractivity contribution is 6.03. The second kappa shape index (κ2) is 9.95. The molecule has 0 unspecified atom stereocenters. The third kappa shape index (κ3) is 5.12. The molecule has 162 valence electrons. The van der Waals surface area contributed by atoms with Gasteiger partial charge >= 0.3 is 12.6 Å². The van der Waals surface area contributed by atoms with Crippen LogP contribution < -0.4 is 15.3 Å². The number of benzene rings is 1. The van der Waals surface area contributed by atoms with Crippen molar-refractivity contribution in [3.8, 4) is 0 Å². The Kier molecular flexibility index (Phi) is 7.33. The molecule has 1 N–H and O–H groups in total. The molecule has 1 aromatic carbocycles. The Bertz CT molecular complexity index is 839. The molecule has 2 amide bonds. The average molecular weight is 418 g/mol. The molecular weight excluding hydrogens is 390 g/mol. The van der Waals surface area contributed by atoms with Crippen LogP contribution in [0.5, 0.6) is 0 Å². The number of hydrogen-bond donors (Lipinski definition) is 1. The van der Waals surface area contributed by atoms with Gasteiger partial charge in [0, 0.05) is 17.4 Å². The maximum Gasteiger partial charge on any atom is 0.365 e. The number of hydrogen-bond acceptors (Lipinski definition) is 4. The Hall–Kier alpha value is -2.58. The summed E-state index contributed by atoms with van der Waals surface area (Å²) in [5.41, 5.74) is 2.56. The molecule has 1 saturated heterocycles. The fourth-order valence-electron chi connectivity index (χ4n) is 3.69. The Morgan fingerprint density at radius 2 is 1.87 bits per heavy atom. The lowest BCUT2D eigenvalue weighted by Crippen LogP contribution is -2.52. The van der Waals surface area contributed by atoms with Crippen molar-refractivity contribution in [2.24, 2.45) is 0 Å². The number of pyridine rings is 1. The Labute approximate surface area is 175 Å². The van der Waals surface area contributed by atoms with Gasteiger partial charge in [0.1, 0.15) is 0 Å². The molecule has 30 heavy (non-hydrogen) atoms. The van der Waals surface area contributed by atoms with E-state index in [1.54, 1.807) is 24.0 Å². The summed E-state index contributed by atoms with van der Waals surface area (Å²) in [5, 5.41) is 3.95. The quantitative estimate of drug-likeness (QED) is 0.681. The SMILES string of the molecule is Cc1ccc(N(OC(F)F)C(=O)N(c2ccccc2C(C)C)C2CCNCC2)cn1. The van der Waals surface area contributed by atoms with E-state index in [1.807, 2.05) is 38.1 Å². The van der Waals surface area contributed by atoms with E-state index in [2.05, 4.69) is 15.1 Å². The number of para-hydroxylation sites is 1. The fourth-order valence-corrected chi connectivity index (χ4v) is 3.69. The van der Waals surface area contributed by atoms with Crippen LogP contribution in [0.15, 0.2) is 42.6 Å². The van der Waals surface area contributed by atoms with Crippen LogP contribution in [0.1, 0.15) is 43.9 Å². The number of urea groups is 1. The molecule has 2 aromatic rings. The van der Waals surface area contributed by atoms with E-state index in [0.717, 1.165) is 18.7 Å². The van der Waals surface area contributed by atoms with Gasteiger partial charge in [-0.2, -0.15) is 18.7 Å². The molecule has 1 aliphatic rings. The van der Waals surface area contributed by atoms with Crippen LogP contribution in [-0.4, -0.2) is 36.8 Å². The average Bonchev–Trinajstić information content (AvgIpc) is 2.74. The van der Waals surface area contributed by atoms with Crippen LogP contribution in [0.3, 0.4) is 0 Å². The van der Waals surface area contributed by atoms with Crippen molar-refractivity contribution in [3.05, 3.63) is 53.9 Å². The number of alkyl halides is 2. The Morgan fingerprint density at radius 1 is 1.17 bits per heavy atom. The van der Waals surface area contributed by atoms with Crippen LogP contribution in [-0.2, 0) is 4.84 Å². The number of halogens is 2. The van der Waals surface area contributed by atoms with Crippen molar-refractivity contribution in [2.75, 3.05) is 23.1 Å². The summed E-state index contributed by atoms with van der Waals surface area (Å²) in [6.45, 7) is 4.22. The van der Waals surface area contributed by atoms with Crippen molar-refractivity contribution >= 4 is 17.4 Å². The number of aromatic nitrogens is 1. The van der Waals surface area contributed by atoms with Crippen molar-refractivity contribution in [3.63, 3.8) is 0 Å². The molecule has 3 rings (SSSR count). The number of nitrogens with one attached hydrogen (secondary N) is 1. The maximum absolute atomic E-state index is 13.7. The minimum atomic E-state index is -3.15. The lowest BCUT2D eigenvalue weighted by atomic mass is 9.97. The van der Waals surface area contributed by atoms with E-state index in [0.29, 0.717) is 29.3 Å². The van der Waals surface area contributed by atoms with Gasteiger partial charge in [0.25, 0.3) is 0 Å². The van der Waals surface area contributed by atoms with Crippen LogP contribution in [0, 0.1) is 6.92 Å². The van der Waals surface area contributed by atoms with E-state index < -0.39 is 12.6 Å². The summed E-state index contributed by atoms with van der Waals surface area (Å²) < 4.78 is 26.5. The van der Waals surface area contributed by atoms with Crippen LogP contribution in [0.25, 0.3) is 0 Å². The monoisotopic (exact) mass is 418 g/mol. The zero-order valence-electron chi connectivity index (χ0n) is 17.5. The highest BCUT2D eigenvalue weighted by Crippen LogP contribution is 2.33. The lowest BCUT2D eigenvalue weighted by molar-refractivity contribution is -0.130. The molecule has 1 aromatic heterocycles. The number of nitrogens with zero attached hydrogens (tertiary/aromatic N) is 3. The van der Waals surface area contributed by atoms with Gasteiger partial charge in [-0.1, -0.05) is 32.0 Å². The summed E-state index contributed by atoms with van der Waals surface area (Å²) in [7, 11) is 0. The van der Waals surface area contributed by atoms with Crippen molar-refractivity contribution in [1.29, 1.82) is 0 Å². The number of anilines is 2. The van der Waals surface area contributed by atoms with E-state index in [-0.39, 0.29) is 17.6 Å². The first-order chi connectivity index (χ1) is 14.4. The highest BCUT2D eigenvalue weighted by atomic mass is 19.3. The molecule has 1 fully saturated rings. The predicted molar refractivity (Wildman–Crippen MR) is 113 cm³/mol. The molecule has 0 radical (unpaired) electrons. The molecule has 0 saturated carbocycles. The van der Waals surface area contributed by atoms with Crippen molar-refractivity contribution in [2.45, 2.75) is 52.2 Å². The first-order valence-electron chi connectivity index (χ1n) is 10.2. The van der Waals surface area contributed by atoms with E-state index in [9.17, 15) is 13.6 Å². The first-order valence-corrected chi connectivity index (χ1v) is 10.2. The van der Waals surface area contributed by atoms with Crippen molar-refractivity contribution in [1.82, 2.24) is 10.3 Å². The molecule has 0 aliphatic carbocycles. The molecule has 1 aliphatic heterocycles. The summed E-state index contributed by atoms with van der Waals surface area (Å²) in [4.78, 5) is 24.1. The number of amides is 2. The smallest absolute Gasteiger partial charge is 0.317 e. The molecule has 2 heterocycles. The van der Waals surface area contributed by atoms with Gasteiger partial charge in [0.15, 0.2) is 0 Å². The summed E-state index contributed by atoms with van der Waals surface area (Å²) >= 11 is 0. The van der Waals surface area contributed by atoms with E-state index in [4.69, 9.17) is 0 Å². The lowest BCUT2D eigenvalue weighted by Gasteiger charge is -2.38. The van der Waals surface area contributed by atoms with Crippen LogP contribution >= 0.6 is 0 Å². The molecule has 0 bridgehead atoms. The largest absolute Gasteiger partial charge is 0.365 e. The van der Waals surface area contributed by atoms with Gasteiger partial charge in [-0.05, 0) is 62.5 Å². The third-order valence-electron chi connectivity index (χ3n) is 5.19. The number of hydroxylamine groups is 1. The second-order valence-electron chi connectivity index (χ2n) is 7.67. The maximum atomic E-state index is 13.7. The normalized spacial score (nSPS) is 14.9. The van der Waals surface area contributed by atoms with Gasteiger partial charge in [-0.3, -0.25) is 9.88 Å². The van der Waals surface area contributed by atoms with Crippen molar-refractivity contribution < 1.29 is 18.4 Å². The molecule has 0 atom stereocenters. The minimum absolute atomic E-state index is 0.138. The summed E-state index contributed by atoms with van der Waals surface area (Å²) in [6, 6.07) is 10.0. The first kappa shape index (κ1) is 22.1. The van der Waals surface area contributed by atoms with Gasteiger partial charge in [0.2, 0.25) is 0 Å². The van der Waals surface area contributed by atoms with Gasteiger partial charge < -0.3 is 5.32 Å². The standard InChI is InChI=1S/C22H28F2N4O2/c1-15(2)19-6-4-5-7-20(19)27(17-10-12-25-13-11-17)22(29)28(30-21(23)24)18-9-8-16(3)26-14-18/h4-9,14-15,17,21,25H,10-13H2,1-3H3. The zero-order chi connectivity index (χ0) is 21.7. The second-order valence-corrected chi connectivity index (χ2v) is 7.67. The fraction of sp³-hybridized carbons (Fsp3) is 0.455. The number of rotatable bonds is 6. The van der Waals surface area contributed by atoms with Gasteiger partial charge in [-0.15, -0.1) is 0 Å². The van der Waals surface area contributed by atoms with Crippen LogP contribution in [0.4, 0.5) is 25.0 Å². The van der Waals surface area contributed by atoms with Crippen LogP contribution in [0.2, 0.25) is 0 Å². The number of carbonyl (C=O) groups excluding carboxylic acids is 1. The zero-order valence-corrected chi connectivity index (χ0v) is 17.5. The Balaban J connectivity index is 2.06. The van der Waals surface area contributed by atoms with E-state index >= 15 is 0 Å².